The Hall–Kier alpha value is -1.79. The molecule has 0 spiro atoms. The van der Waals surface area contributed by atoms with Crippen LogP contribution in [0.1, 0.15) is 47.0 Å². The molecule has 1 aliphatic rings. The fourth-order valence-corrected chi connectivity index (χ4v) is 2.03. The summed E-state index contributed by atoms with van der Waals surface area (Å²) in [6, 6.07) is -0.588. The van der Waals surface area contributed by atoms with Crippen molar-refractivity contribution in [1.29, 1.82) is 0 Å². The molecule has 1 heterocycles. The molecule has 0 aromatic carbocycles. The predicted octanol–water partition coefficient (Wildman–Crippen LogP) is 1.70. The molecule has 0 radical (unpaired) electrons. The Balaban J connectivity index is 2.76. The average molecular weight is 285 g/mol. The molecule has 114 valence electrons. The van der Waals surface area contributed by atoms with E-state index in [2.05, 4.69) is 10.5 Å². The lowest BCUT2D eigenvalue weighted by atomic mass is 10.0. The van der Waals surface area contributed by atoms with Crippen LogP contribution in [0.25, 0.3) is 0 Å². The second kappa shape index (κ2) is 6.58. The Morgan fingerprint density at radius 1 is 1.35 bits per heavy atom. The van der Waals surface area contributed by atoms with Gasteiger partial charge in [0.1, 0.15) is 17.5 Å². The van der Waals surface area contributed by atoms with E-state index in [1.54, 1.807) is 20.8 Å². The van der Waals surface area contributed by atoms with E-state index in [9.17, 15) is 9.59 Å². The molecule has 0 aromatic rings. The number of hydrogen-bond donors (Lipinski definition) is 2. The monoisotopic (exact) mass is 285 g/mol. The molecule has 2 N–H and O–H groups in total. The van der Waals surface area contributed by atoms with E-state index in [4.69, 9.17) is 9.94 Å². The summed E-state index contributed by atoms with van der Waals surface area (Å²) >= 11 is 0. The quantitative estimate of drug-likeness (QED) is 0.332. The number of hydrogen-bond acceptors (Lipinski definition) is 5. The van der Waals surface area contributed by atoms with Gasteiger partial charge >= 0.3 is 6.09 Å². The van der Waals surface area contributed by atoms with Crippen LogP contribution in [0.2, 0.25) is 0 Å². The largest absolute Gasteiger partial charge is 0.444 e. The Bertz CT molecular complexity index is 401. The molecule has 1 saturated heterocycles. The standard InChI is InChI=1S/C13H23N3O4/c1-9(15-19)14-11(17)10-7-5-6-8-16(10)12(18)20-13(2,3)4/h10,19H,5-8H2,1-4H3,(H,14,15,17). The second-order valence-electron chi connectivity index (χ2n) is 5.86. The van der Waals surface area contributed by atoms with E-state index in [-0.39, 0.29) is 11.7 Å². The van der Waals surface area contributed by atoms with Gasteiger partial charge in [-0.2, -0.15) is 0 Å². The SMILES string of the molecule is C/C(=N\O)NC(=O)C1CCCCN1C(=O)OC(C)(C)C. The third-order valence-corrected chi connectivity index (χ3v) is 2.89. The Labute approximate surface area is 119 Å². The summed E-state index contributed by atoms with van der Waals surface area (Å²) < 4.78 is 5.32. The van der Waals surface area contributed by atoms with Crippen LogP contribution in [0.15, 0.2) is 5.16 Å². The van der Waals surface area contributed by atoms with Crippen molar-refractivity contribution in [3.05, 3.63) is 0 Å². The van der Waals surface area contributed by atoms with Crippen molar-refractivity contribution >= 4 is 17.8 Å². The van der Waals surface area contributed by atoms with E-state index in [1.165, 1.54) is 11.8 Å². The van der Waals surface area contributed by atoms with Crippen LogP contribution < -0.4 is 5.32 Å². The topological polar surface area (TPSA) is 91.2 Å². The number of rotatable bonds is 1. The summed E-state index contributed by atoms with van der Waals surface area (Å²) in [7, 11) is 0. The molecule has 0 bridgehead atoms. The minimum absolute atomic E-state index is 0.102. The Kier molecular flexibility index (Phi) is 5.35. The smallest absolute Gasteiger partial charge is 0.410 e. The summed E-state index contributed by atoms with van der Waals surface area (Å²) in [5.74, 6) is -0.254. The van der Waals surface area contributed by atoms with Gasteiger partial charge in [-0.25, -0.2) is 4.79 Å². The van der Waals surface area contributed by atoms with E-state index >= 15 is 0 Å². The zero-order valence-corrected chi connectivity index (χ0v) is 12.5. The number of amides is 2. The molecule has 7 heteroatoms. The number of oxime groups is 1. The molecule has 0 aromatic heterocycles. The number of piperidine rings is 1. The van der Waals surface area contributed by atoms with Crippen molar-refractivity contribution in [1.82, 2.24) is 10.2 Å². The van der Waals surface area contributed by atoms with Crippen LogP contribution >= 0.6 is 0 Å². The van der Waals surface area contributed by atoms with Crippen molar-refractivity contribution < 1.29 is 19.5 Å². The molecule has 1 atom stereocenters. The lowest BCUT2D eigenvalue weighted by Gasteiger charge is -2.35. The number of amidine groups is 1. The molecule has 1 fully saturated rings. The minimum atomic E-state index is -0.599. The highest BCUT2D eigenvalue weighted by atomic mass is 16.6. The lowest BCUT2D eigenvalue weighted by molar-refractivity contribution is -0.126. The maximum atomic E-state index is 12.1. The molecule has 1 unspecified atom stereocenters. The third kappa shape index (κ3) is 4.71. The van der Waals surface area contributed by atoms with Gasteiger partial charge in [-0.05, 0) is 47.0 Å². The molecule has 0 aliphatic carbocycles. The number of likely N-dealkylation sites (tertiary alicyclic amines) is 1. The first-order chi connectivity index (χ1) is 9.24. The van der Waals surface area contributed by atoms with Crippen molar-refractivity contribution in [2.24, 2.45) is 5.16 Å². The van der Waals surface area contributed by atoms with Crippen LogP contribution in [0.4, 0.5) is 4.79 Å². The maximum absolute atomic E-state index is 12.1. The summed E-state index contributed by atoms with van der Waals surface area (Å²) in [5.41, 5.74) is -0.599. The average Bonchev–Trinajstić information content (AvgIpc) is 2.36. The molecule has 2 amide bonds. The first kappa shape index (κ1) is 16.3. The second-order valence-corrected chi connectivity index (χ2v) is 5.86. The molecule has 20 heavy (non-hydrogen) atoms. The van der Waals surface area contributed by atoms with Crippen molar-refractivity contribution in [3.63, 3.8) is 0 Å². The summed E-state index contributed by atoms with van der Waals surface area (Å²) in [6.45, 7) is 7.31. The van der Waals surface area contributed by atoms with E-state index in [0.29, 0.717) is 13.0 Å². The lowest BCUT2D eigenvalue weighted by Crippen LogP contribution is -2.53. The first-order valence-electron chi connectivity index (χ1n) is 6.74. The van der Waals surface area contributed by atoms with Crippen molar-refractivity contribution in [2.75, 3.05) is 6.54 Å². The number of nitrogens with one attached hydrogen (secondary N) is 1. The molecule has 0 saturated carbocycles. The Morgan fingerprint density at radius 2 is 2.00 bits per heavy atom. The highest BCUT2D eigenvalue weighted by Crippen LogP contribution is 2.20. The van der Waals surface area contributed by atoms with E-state index in [0.717, 1.165) is 12.8 Å². The fraction of sp³-hybridized carbons (Fsp3) is 0.769. The summed E-state index contributed by atoms with van der Waals surface area (Å²) in [6.07, 6.45) is 1.79. The summed E-state index contributed by atoms with van der Waals surface area (Å²) in [4.78, 5) is 25.7. The van der Waals surface area contributed by atoms with Gasteiger partial charge in [0.25, 0.3) is 0 Å². The van der Waals surface area contributed by atoms with Gasteiger partial charge in [0.05, 0.1) is 0 Å². The number of carbonyl (C=O) groups is 2. The first-order valence-corrected chi connectivity index (χ1v) is 6.74. The number of ether oxygens (including phenoxy) is 1. The normalized spacial score (nSPS) is 20.5. The van der Waals surface area contributed by atoms with E-state index < -0.39 is 17.7 Å². The van der Waals surface area contributed by atoms with Crippen LogP contribution in [0, 0.1) is 0 Å². The van der Waals surface area contributed by atoms with Gasteiger partial charge in [0, 0.05) is 6.54 Å². The van der Waals surface area contributed by atoms with Gasteiger partial charge < -0.3 is 15.3 Å². The summed E-state index contributed by atoms with van der Waals surface area (Å²) in [5, 5.41) is 13.9. The van der Waals surface area contributed by atoms with Gasteiger partial charge in [-0.15, -0.1) is 0 Å². The third-order valence-electron chi connectivity index (χ3n) is 2.89. The zero-order valence-electron chi connectivity index (χ0n) is 12.5. The Morgan fingerprint density at radius 3 is 2.55 bits per heavy atom. The highest BCUT2D eigenvalue weighted by molar-refractivity contribution is 6.00. The molecule has 1 rings (SSSR count). The molecule has 1 aliphatic heterocycles. The van der Waals surface area contributed by atoms with Crippen LogP contribution in [-0.4, -0.2) is 46.1 Å². The molecular formula is C13H23N3O4. The minimum Gasteiger partial charge on any atom is -0.444 e. The van der Waals surface area contributed by atoms with Crippen LogP contribution in [0.3, 0.4) is 0 Å². The number of carbonyl (C=O) groups excluding carboxylic acids is 2. The highest BCUT2D eigenvalue weighted by Gasteiger charge is 2.34. The molecule has 7 nitrogen and oxygen atoms in total. The fourth-order valence-electron chi connectivity index (χ4n) is 2.03. The van der Waals surface area contributed by atoms with Gasteiger partial charge in [-0.3, -0.25) is 9.69 Å². The maximum Gasteiger partial charge on any atom is 0.410 e. The van der Waals surface area contributed by atoms with Gasteiger partial charge in [-0.1, -0.05) is 5.16 Å². The zero-order chi connectivity index (χ0) is 15.3. The van der Waals surface area contributed by atoms with E-state index in [1.807, 2.05) is 0 Å². The van der Waals surface area contributed by atoms with Gasteiger partial charge in [0.2, 0.25) is 5.91 Å². The van der Waals surface area contributed by atoms with Crippen molar-refractivity contribution in [2.45, 2.75) is 58.6 Å². The van der Waals surface area contributed by atoms with Crippen LogP contribution in [-0.2, 0) is 9.53 Å². The predicted molar refractivity (Wildman–Crippen MR) is 73.6 cm³/mol. The number of nitrogens with zero attached hydrogens (tertiary/aromatic N) is 2. The molecular weight excluding hydrogens is 262 g/mol. The van der Waals surface area contributed by atoms with Gasteiger partial charge in [0.15, 0.2) is 0 Å². The van der Waals surface area contributed by atoms with Crippen LogP contribution in [0.5, 0.6) is 0 Å². The van der Waals surface area contributed by atoms with Crippen molar-refractivity contribution in [3.8, 4) is 0 Å².